The molecular weight excluding hydrogens is 647 g/mol. The van der Waals surface area contributed by atoms with Crippen molar-refractivity contribution in [1.29, 1.82) is 0 Å². The number of aromatic nitrogens is 3. The van der Waals surface area contributed by atoms with E-state index in [-0.39, 0.29) is 0 Å². The van der Waals surface area contributed by atoms with E-state index in [1.807, 2.05) is 54.7 Å². The van der Waals surface area contributed by atoms with Gasteiger partial charge in [0.25, 0.3) is 0 Å². The van der Waals surface area contributed by atoms with E-state index in [2.05, 4.69) is 138 Å². The highest BCUT2D eigenvalue weighted by molar-refractivity contribution is 6.10. The Bertz CT molecular complexity index is 2950. The molecule has 0 saturated heterocycles. The van der Waals surface area contributed by atoms with Crippen LogP contribution in [0.3, 0.4) is 0 Å². The average Bonchev–Trinajstić information content (AvgIpc) is 3.63. The molecule has 0 atom stereocenters. The molecule has 248 valence electrons. The van der Waals surface area contributed by atoms with E-state index < -0.39 is 0 Å². The predicted octanol–water partition coefficient (Wildman–Crippen LogP) is 12.9. The van der Waals surface area contributed by atoms with Crippen LogP contribution in [0.4, 0.5) is 0 Å². The molecule has 0 radical (unpaired) electrons. The molecule has 0 amide bonds. The molecule has 0 aliphatic heterocycles. The molecule has 4 heteroatoms. The third-order valence-corrected chi connectivity index (χ3v) is 9.90. The van der Waals surface area contributed by atoms with Crippen LogP contribution in [0.5, 0.6) is 0 Å². The van der Waals surface area contributed by atoms with Crippen molar-refractivity contribution in [1.82, 2.24) is 15.0 Å². The zero-order valence-electron chi connectivity index (χ0n) is 28.6. The quantitative estimate of drug-likeness (QED) is 0.176. The Hall–Kier alpha value is -7.17. The summed E-state index contributed by atoms with van der Waals surface area (Å²) in [5.74, 6) is 0.665. The summed E-state index contributed by atoms with van der Waals surface area (Å²) < 4.78 is 6.56. The zero-order chi connectivity index (χ0) is 35.1. The number of pyridine rings is 1. The Balaban J connectivity index is 1.21. The fourth-order valence-corrected chi connectivity index (χ4v) is 7.27. The first-order valence-corrected chi connectivity index (χ1v) is 17.8. The monoisotopic (exact) mass is 677 g/mol. The second kappa shape index (κ2) is 12.9. The minimum absolute atomic E-state index is 0.665. The van der Waals surface area contributed by atoms with Gasteiger partial charge in [-0.05, 0) is 82.1 Å². The number of fused-ring (bicyclic) bond motifs is 4. The van der Waals surface area contributed by atoms with Crippen molar-refractivity contribution in [3.05, 3.63) is 188 Å². The summed E-state index contributed by atoms with van der Waals surface area (Å²) in [6.45, 7) is 0. The fourth-order valence-electron chi connectivity index (χ4n) is 7.27. The standard InChI is InChI=1S/C49H31N3O/c1-2-13-33(14-3-1)49-51-45(37-17-10-16-36(27-37)44-21-8-9-25-50-44)31-46(52-49)40-29-38(35-24-23-32-12-4-5-15-34(32)26-35)28-39(30-40)41-19-11-20-43-42-18-6-7-22-47(42)53-48(41)43/h1-31H. The molecule has 0 aliphatic carbocycles. The highest BCUT2D eigenvalue weighted by Crippen LogP contribution is 2.40. The van der Waals surface area contributed by atoms with Crippen molar-refractivity contribution in [3.63, 3.8) is 0 Å². The smallest absolute Gasteiger partial charge is 0.160 e. The number of nitrogens with zero attached hydrogens (tertiary/aromatic N) is 3. The molecule has 0 bridgehead atoms. The summed E-state index contributed by atoms with van der Waals surface area (Å²) in [6, 6.07) is 63.2. The summed E-state index contributed by atoms with van der Waals surface area (Å²) in [4.78, 5) is 15.0. The predicted molar refractivity (Wildman–Crippen MR) is 217 cm³/mol. The lowest BCUT2D eigenvalue weighted by molar-refractivity contribution is 0.670. The van der Waals surface area contributed by atoms with Gasteiger partial charge in [-0.1, -0.05) is 127 Å². The van der Waals surface area contributed by atoms with Crippen molar-refractivity contribution < 1.29 is 4.42 Å². The molecule has 0 aliphatic rings. The van der Waals surface area contributed by atoms with Crippen molar-refractivity contribution in [2.75, 3.05) is 0 Å². The molecule has 4 nitrogen and oxygen atoms in total. The maximum Gasteiger partial charge on any atom is 0.160 e. The first-order chi connectivity index (χ1) is 26.2. The van der Waals surface area contributed by atoms with Crippen LogP contribution < -0.4 is 0 Å². The van der Waals surface area contributed by atoms with Crippen LogP contribution in [0.1, 0.15) is 0 Å². The average molecular weight is 678 g/mol. The zero-order valence-corrected chi connectivity index (χ0v) is 28.6. The summed E-state index contributed by atoms with van der Waals surface area (Å²) in [6.07, 6.45) is 1.82. The normalized spacial score (nSPS) is 11.4. The van der Waals surface area contributed by atoms with E-state index in [1.54, 1.807) is 0 Å². The summed E-state index contributed by atoms with van der Waals surface area (Å²) in [5, 5.41) is 4.61. The number of rotatable bonds is 6. The second-order valence-corrected chi connectivity index (χ2v) is 13.3. The third-order valence-electron chi connectivity index (χ3n) is 9.90. The fraction of sp³-hybridized carbons (Fsp3) is 0. The maximum absolute atomic E-state index is 6.56. The molecule has 3 aromatic heterocycles. The van der Waals surface area contributed by atoms with Gasteiger partial charge >= 0.3 is 0 Å². The second-order valence-electron chi connectivity index (χ2n) is 13.3. The lowest BCUT2D eigenvalue weighted by Gasteiger charge is -2.14. The van der Waals surface area contributed by atoms with Crippen LogP contribution in [-0.2, 0) is 0 Å². The Morgan fingerprint density at radius 1 is 0.358 bits per heavy atom. The Kier molecular flexibility index (Phi) is 7.43. The van der Waals surface area contributed by atoms with Gasteiger partial charge in [0.2, 0.25) is 0 Å². The van der Waals surface area contributed by atoms with Crippen LogP contribution in [0, 0.1) is 0 Å². The molecule has 0 N–H and O–H groups in total. The van der Waals surface area contributed by atoms with Crippen LogP contribution >= 0.6 is 0 Å². The van der Waals surface area contributed by atoms with Gasteiger partial charge in [0.1, 0.15) is 11.2 Å². The van der Waals surface area contributed by atoms with Crippen LogP contribution in [0.25, 0.3) is 100 Å². The summed E-state index contributed by atoms with van der Waals surface area (Å²) in [5.41, 5.74) is 12.6. The number of furan rings is 1. The van der Waals surface area contributed by atoms with Crippen molar-refractivity contribution in [2.24, 2.45) is 0 Å². The van der Waals surface area contributed by atoms with Gasteiger partial charge in [-0.25, -0.2) is 9.97 Å². The van der Waals surface area contributed by atoms with Crippen LogP contribution in [0.2, 0.25) is 0 Å². The van der Waals surface area contributed by atoms with Crippen molar-refractivity contribution >= 4 is 32.7 Å². The molecular formula is C49H31N3O. The summed E-state index contributed by atoms with van der Waals surface area (Å²) >= 11 is 0. The summed E-state index contributed by atoms with van der Waals surface area (Å²) in [7, 11) is 0. The molecule has 0 saturated carbocycles. The van der Waals surface area contributed by atoms with E-state index in [4.69, 9.17) is 14.4 Å². The largest absolute Gasteiger partial charge is 0.455 e. The van der Waals surface area contributed by atoms with Crippen molar-refractivity contribution in [3.8, 4) is 67.4 Å². The molecule has 53 heavy (non-hydrogen) atoms. The molecule has 10 aromatic rings. The molecule has 3 heterocycles. The van der Waals surface area contributed by atoms with E-state index in [9.17, 15) is 0 Å². The maximum atomic E-state index is 6.56. The Morgan fingerprint density at radius 3 is 1.89 bits per heavy atom. The van der Waals surface area contributed by atoms with Gasteiger partial charge in [0, 0.05) is 44.8 Å². The molecule has 10 rings (SSSR count). The minimum Gasteiger partial charge on any atom is -0.455 e. The van der Waals surface area contributed by atoms with Gasteiger partial charge < -0.3 is 4.42 Å². The van der Waals surface area contributed by atoms with Crippen LogP contribution in [-0.4, -0.2) is 15.0 Å². The Labute approximate surface area is 306 Å². The highest BCUT2D eigenvalue weighted by Gasteiger charge is 2.17. The van der Waals surface area contributed by atoms with E-state index in [0.29, 0.717) is 5.82 Å². The first-order valence-electron chi connectivity index (χ1n) is 17.8. The minimum atomic E-state index is 0.665. The topological polar surface area (TPSA) is 51.8 Å². The molecule has 7 aromatic carbocycles. The van der Waals surface area contributed by atoms with Crippen LogP contribution in [0.15, 0.2) is 193 Å². The number of para-hydroxylation sites is 2. The number of benzene rings is 7. The first kappa shape index (κ1) is 30.6. The van der Waals surface area contributed by atoms with Gasteiger partial charge in [-0.2, -0.15) is 0 Å². The lowest BCUT2D eigenvalue weighted by atomic mass is 9.93. The SMILES string of the molecule is c1ccc(-c2nc(-c3cccc(-c4ccccn4)c3)cc(-c3cc(-c4ccc5ccccc5c4)cc(-c4cccc5c4oc4ccccc45)c3)n2)cc1. The number of hydrogen-bond donors (Lipinski definition) is 0. The molecule has 0 unspecified atom stereocenters. The lowest BCUT2D eigenvalue weighted by Crippen LogP contribution is -1.97. The van der Waals surface area contributed by atoms with Gasteiger partial charge in [0.15, 0.2) is 5.82 Å². The highest BCUT2D eigenvalue weighted by atomic mass is 16.3. The van der Waals surface area contributed by atoms with Crippen molar-refractivity contribution in [2.45, 2.75) is 0 Å². The third kappa shape index (κ3) is 5.73. The van der Waals surface area contributed by atoms with Gasteiger partial charge in [-0.3, -0.25) is 4.98 Å². The van der Waals surface area contributed by atoms with E-state index in [0.717, 1.165) is 83.5 Å². The van der Waals surface area contributed by atoms with Gasteiger partial charge in [-0.15, -0.1) is 0 Å². The number of hydrogen-bond acceptors (Lipinski definition) is 4. The molecule has 0 fully saturated rings. The molecule has 0 spiro atoms. The van der Waals surface area contributed by atoms with Gasteiger partial charge in [0.05, 0.1) is 17.1 Å². The van der Waals surface area contributed by atoms with E-state index in [1.165, 1.54) is 10.8 Å². The Morgan fingerprint density at radius 2 is 1.02 bits per heavy atom. The van der Waals surface area contributed by atoms with E-state index >= 15 is 0 Å².